The van der Waals surface area contributed by atoms with Gasteiger partial charge in [-0.3, -0.25) is 9.69 Å². The average Bonchev–Trinajstić information content (AvgIpc) is 2.90. The molecule has 2 heterocycles. The summed E-state index contributed by atoms with van der Waals surface area (Å²) in [5.41, 5.74) is 3.18. The number of nitrogens with zero attached hydrogens (tertiary/aromatic N) is 2. The van der Waals surface area contributed by atoms with Crippen LogP contribution in [0, 0.1) is 10.7 Å². The number of hydrogen-bond donors (Lipinski definition) is 1. The van der Waals surface area contributed by atoms with Crippen molar-refractivity contribution in [1.82, 2.24) is 9.80 Å². The van der Waals surface area contributed by atoms with Crippen LogP contribution in [-0.4, -0.2) is 47.0 Å². The Labute approximate surface area is 154 Å². The Bertz CT molecular complexity index is 804. The van der Waals surface area contributed by atoms with E-state index < -0.39 is 0 Å². The van der Waals surface area contributed by atoms with E-state index in [9.17, 15) is 9.90 Å². The highest BCUT2D eigenvalue weighted by Crippen LogP contribution is 2.36. The monoisotopic (exact) mass is 380 g/mol. The van der Waals surface area contributed by atoms with Crippen LogP contribution in [0.2, 0.25) is 0 Å². The number of piperazine rings is 1. The van der Waals surface area contributed by atoms with Gasteiger partial charge >= 0.3 is 0 Å². The Morgan fingerprint density at radius 2 is 1.96 bits per heavy atom. The molecule has 1 aromatic heterocycles. The molecule has 2 aromatic rings. The fourth-order valence-corrected chi connectivity index (χ4v) is 5.77. The lowest BCUT2D eigenvalue weighted by Crippen LogP contribution is -2.47. The molecular formula is C17H20N2O2S3. The van der Waals surface area contributed by atoms with E-state index >= 15 is 0 Å². The number of amides is 1. The predicted octanol–water partition coefficient (Wildman–Crippen LogP) is 3.88. The molecule has 4 nitrogen and oxygen atoms in total. The van der Waals surface area contributed by atoms with Crippen molar-refractivity contribution in [2.24, 2.45) is 0 Å². The van der Waals surface area contributed by atoms with E-state index in [0.29, 0.717) is 12.3 Å². The van der Waals surface area contributed by atoms with Crippen LogP contribution in [0.5, 0.6) is 5.75 Å². The highest BCUT2D eigenvalue weighted by Gasteiger charge is 2.20. The quantitative estimate of drug-likeness (QED) is 0.648. The van der Waals surface area contributed by atoms with Crippen molar-refractivity contribution in [2.45, 2.75) is 20.4 Å². The van der Waals surface area contributed by atoms with Gasteiger partial charge in [-0.15, -0.1) is 0 Å². The van der Waals surface area contributed by atoms with Crippen molar-refractivity contribution in [3.05, 3.63) is 33.1 Å². The van der Waals surface area contributed by atoms with E-state index in [0.717, 1.165) is 46.7 Å². The molecule has 0 bridgehead atoms. The van der Waals surface area contributed by atoms with Gasteiger partial charge in [-0.2, -0.15) is 0 Å². The minimum absolute atomic E-state index is 0.133. The van der Waals surface area contributed by atoms with Crippen LogP contribution in [0.3, 0.4) is 0 Å². The fraction of sp³-hybridized carbons (Fsp3) is 0.412. The zero-order valence-electron chi connectivity index (χ0n) is 13.7. The molecule has 3 rings (SSSR count). The standard InChI is InChI=1S/C17H20N2O2S3/c1-11-16(23-24-17(11)22)13-3-4-15(21)14(9-13)10-18-5-7-19(8-6-18)12(2)20/h3-4,9,21H,5-8,10H2,1-2H3. The zero-order chi connectivity index (χ0) is 17.3. The summed E-state index contributed by atoms with van der Waals surface area (Å²) in [5.74, 6) is 0.456. The maximum atomic E-state index is 11.4. The van der Waals surface area contributed by atoms with Gasteiger partial charge in [0.05, 0.1) is 4.88 Å². The fourth-order valence-electron chi connectivity index (χ4n) is 2.88. The van der Waals surface area contributed by atoms with E-state index in [4.69, 9.17) is 12.2 Å². The summed E-state index contributed by atoms with van der Waals surface area (Å²) in [7, 11) is 3.31. The molecule has 0 spiro atoms. The third kappa shape index (κ3) is 3.69. The molecule has 0 unspecified atom stereocenters. The van der Waals surface area contributed by atoms with Gasteiger partial charge in [-0.25, -0.2) is 0 Å². The largest absolute Gasteiger partial charge is 0.508 e. The highest BCUT2D eigenvalue weighted by atomic mass is 32.9. The minimum Gasteiger partial charge on any atom is -0.508 e. The van der Waals surface area contributed by atoms with Crippen molar-refractivity contribution in [3.63, 3.8) is 0 Å². The first-order valence-corrected chi connectivity index (χ1v) is 10.4. The first kappa shape index (κ1) is 17.5. The lowest BCUT2D eigenvalue weighted by molar-refractivity contribution is -0.130. The van der Waals surface area contributed by atoms with Crippen molar-refractivity contribution in [2.75, 3.05) is 26.2 Å². The summed E-state index contributed by atoms with van der Waals surface area (Å²) in [6.45, 7) is 7.53. The number of carbonyl (C=O) groups is 1. The normalized spacial score (nSPS) is 15.7. The van der Waals surface area contributed by atoms with Crippen LogP contribution >= 0.6 is 32.9 Å². The minimum atomic E-state index is 0.133. The van der Waals surface area contributed by atoms with E-state index in [1.54, 1.807) is 33.7 Å². The SMILES string of the molecule is CC(=O)N1CCN(Cc2cc(-c3ssc(=S)c3C)ccc2O)CC1. The van der Waals surface area contributed by atoms with Gasteiger partial charge in [0.25, 0.3) is 0 Å². The first-order chi connectivity index (χ1) is 11.5. The van der Waals surface area contributed by atoms with Gasteiger partial charge in [0.2, 0.25) is 5.91 Å². The van der Waals surface area contributed by atoms with Crippen LogP contribution in [0.25, 0.3) is 10.4 Å². The lowest BCUT2D eigenvalue weighted by Gasteiger charge is -2.34. The van der Waals surface area contributed by atoms with E-state index in [2.05, 4.69) is 17.9 Å². The zero-order valence-corrected chi connectivity index (χ0v) is 16.2. The first-order valence-electron chi connectivity index (χ1n) is 7.85. The van der Waals surface area contributed by atoms with Crippen molar-refractivity contribution < 1.29 is 9.90 Å². The second-order valence-electron chi connectivity index (χ2n) is 6.03. The van der Waals surface area contributed by atoms with Crippen molar-refractivity contribution >= 4 is 38.8 Å². The topological polar surface area (TPSA) is 43.8 Å². The number of aromatic hydroxyl groups is 1. The Kier molecular flexibility index (Phi) is 5.34. The van der Waals surface area contributed by atoms with Crippen LogP contribution in [0.15, 0.2) is 18.2 Å². The maximum Gasteiger partial charge on any atom is 0.219 e. The summed E-state index contributed by atoms with van der Waals surface area (Å²) in [4.78, 5) is 16.7. The van der Waals surface area contributed by atoms with Gasteiger partial charge in [-0.05, 0) is 36.2 Å². The molecule has 7 heteroatoms. The highest BCUT2D eigenvalue weighted by molar-refractivity contribution is 7.80. The van der Waals surface area contributed by atoms with Gasteiger partial charge in [0, 0.05) is 45.2 Å². The summed E-state index contributed by atoms with van der Waals surface area (Å²) >= 11 is 5.33. The summed E-state index contributed by atoms with van der Waals surface area (Å²) in [6, 6.07) is 5.78. The van der Waals surface area contributed by atoms with Gasteiger partial charge in [0.15, 0.2) is 0 Å². The maximum absolute atomic E-state index is 11.4. The van der Waals surface area contributed by atoms with Gasteiger partial charge in [0.1, 0.15) is 9.57 Å². The Hall–Kier alpha value is -1.28. The predicted molar refractivity (Wildman–Crippen MR) is 102 cm³/mol. The Morgan fingerprint density at radius 1 is 1.25 bits per heavy atom. The summed E-state index contributed by atoms with van der Waals surface area (Å²) < 4.78 is 0.935. The van der Waals surface area contributed by atoms with Gasteiger partial charge < -0.3 is 10.0 Å². The third-order valence-corrected chi connectivity index (χ3v) is 7.77. The average molecular weight is 381 g/mol. The molecule has 0 atom stereocenters. The summed E-state index contributed by atoms with van der Waals surface area (Å²) in [6.07, 6.45) is 0. The van der Waals surface area contributed by atoms with Crippen LogP contribution in [0.4, 0.5) is 0 Å². The van der Waals surface area contributed by atoms with Crippen LogP contribution in [0.1, 0.15) is 18.1 Å². The molecular weight excluding hydrogens is 360 g/mol. The smallest absolute Gasteiger partial charge is 0.219 e. The van der Waals surface area contributed by atoms with Crippen LogP contribution in [-0.2, 0) is 11.3 Å². The molecule has 0 saturated carbocycles. The van der Waals surface area contributed by atoms with Crippen molar-refractivity contribution in [3.8, 4) is 16.2 Å². The molecule has 1 saturated heterocycles. The molecule has 0 aliphatic carbocycles. The molecule has 1 aromatic carbocycles. The Balaban J connectivity index is 1.77. The van der Waals surface area contributed by atoms with E-state index in [-0.39, 0.29) is 5.91 Å². The van der Waals surface area contributed by atoms with E-state index in [1.165, 1.54) is 4.88 Å². The molecule has 128 valence electrons. The number of carbonyl (C=O) groups excluding carboxylic acids is 1. The van der Waals surface area contributed by atoms with Gasteiger partial charge in [-0.1, -0.05) is 32.9 Å². The number of rotatable bonds is 3. The number of phenols is 1. The van der Waals surface area contributed by atoms with Crippen LogP contribution < -0.4 is 0 Å². The molecule has 1 aliphatic heterocycles. The molecule has 0 radical (unpaired) electrons. The van der Waals surface area contributed by atoms with E-state index in [1.807, 2.05) is 11.0 Å². The molecule has 1 aliphatic rings. The summed E-state index contributed by atoms with van der Waals surface area (Å²) in [5, 5.41) is 10.2. The number of benzene rings is 1. The second kappa shape index (κ2) is 7.31. The molecule has 24 heavy (non-hydrogen) atoms. The number of phenolic OH excluding ortho intramolecular Hbond substituents is 1. The molecule has 1 fully saturated rings. The molecule has 1 N–H and O–H groups in total. The lowest BCUT2D eigenvalue weighted by atomic mass is 10.1. The van der Waals surface area contributed by atoms with Crippen molar-refractivity contribution in [1.29, 1.82) is 0 Å². The molecule has 1 amide bonds. The second-order valence-corrected chi connectivity index (χ2v) is 8.85. The number of hydrogen-bond acceptors (Lipinski definition) is 6. The third-order valence-electron chi connectivity index (χ3n) is 4.40. The Morgan fingerprint density at radius 3 is 2.54 bits per heavy atom.